The Hall–Kier alpha value is 0.0500. The molecule has 20 heavy (non-hydrogen) atoms. The van der Waals surface area contributed by atoms with Gasteiger partial charge >= 0.3 is 0 Å². The van der Waals surface area contributed by atoms with Crippen molar-refractivity contribution in [3.8, 4) is 0 Å². The third-order valence-corrected chi connectivity index (χ3v) is 6.91. The predicted molar refractivity (Wildman–Crippen MR) is 85.1 cm³/mol. The van der Waals surface area contributed by atoms with Crippen LogP contribution in [0.3, 0.4) is 0 Å². The molecule has 1 aliphatic rings. The fourth-order valence-corrected chi connectivity index (χ4v) is 5.50. The second-order valence-electron chi connectivity index (χ2n) is 5.27. The number of likely N-dealkylation sites (N-methyl/N-ethyl adjacent to an activating group) is 1. The van der Waals surface area contributed by atoms with E-state index in [0.717, 1.165) is 17.3 Å². The number of nitrogens with zero attached hydrogens (tertiary/aromatic N) is 1. The first-order valence-corrected chi connectivity index (χ1v) is 9.41. The Bertz CT molecular complexity index is 598. The van der Waals surface area contributed by atoms with Gasteiger partial charge in [0.15, 0.2) is 0 Å². The van der Waals surface area contributed by atoms with E-state index in [0.29, 0.717) is 17.3 Å². The van der Waals surface area contributed by atoms with Crippen molar-refractivity contribution in [1.29, 1.82) is 0 Å². The zero-order valence-corrected chi connectivity index (χ0v) is 15.1. The Labute approximate surface area is 136 Å². The van der Waals surface area contributed by atoms with Gasteiger partial charge in [-0.3, -0.25) is 0 Å². The lowest BCUT2D eigenvalue weighted by molar-refractivity contribution is 0.0333. The van der Waals surface area contributed by atoms with Gasteiger partial charge in [0.25, 0.3) is 0 Å². The van der Waals surface area contributed by atoms with Crippen molar-refractivity contribution in [3.05, 3.63) is 27.1 Å². The summed E-state index contributed by atoms with van der Waals surface area (Å²) in [6.45, 7) is 0.137. The lowest BCUT2D eigenvalue weighted by Gasteiger charge is -2.28. The number of hydrogen-bond donors (Lipinski definition) is 1. The van der Waals surface area contributed by atoms with Crippen molar-refractivity contribution in [2.24, 2.45) is 0 Å². The quantitative estimate of drug-likeness (QED) is 0.804. The van der Waals surface area contributed by atoms with Crippen LogP contribution in [0.2, 0.25) is 0 Å². The molecule has 0 spiro atoms. The van der Waals surface area contributed by atoms with Crippen molar-refractivity contribution < 1.29 is 13.5 Å². The maximum absolute atomic E-state index is 12.6. The van der Waals surface area contributed by atoms with Crippen LogP contribution in [0.1, 0.15) is 25.7 Å². The van der Waals surface area contributed by atoms with Gasteiger partial charge in [-0.1, -0.05) is 28.8 Å². The van der Waals surface area contributed by atoms with E-state index in [9.17, 15) is 13.5 Å². The molecule has 1 aliphatic carbocycles. The van der Waals surface area contributed by atoms with Gasteiger partial charge in [-0.05, 0) is 47.0 Å². The van der Waals surface area contributed by atoms with Crippen molar-refractivity contribution in [2.75, 3.05) is 13.6 Å². The van der Waals surface area contributed by atoms with Crippen LogP contribution in [0, 0.1) is 0 Å². The molecule has 0 saturated heterocycles. The van der Waals surface area contributed by atoms with E-state index >= 15 is 0 Å². The monoisotopic (exact) mass is 425 g/mol. The minimum absolute atomic E-state index is 0.137. The minimum atomic E-state index is -3.61. The van der Waals surface area contributed by atoms with Crippen LogP contribution in [-0.4, -0.2) is 37.0 Å². The summed E-state index contributed by atoms with van der Waals surface area (Å²) in [5.74, 6) is 0. The summed E-state index contributed by atoms with van der Waals surface area (Å²) in [6.07, 6.45) is 3.22. The van der Waals surface area contributed by atoms with E-state index in [1.165, 1.54) is 11.4 Å². The number of benzene rings is 1. The van der Waals surface area contributed by atoms with Crippen molar-refractivity contribution in [2.45, 2.75) is 36.2 Å². The first-order valence-electron chi connectivity index (χ1n) is 6.38. The molecule has 0 unspecified atom stereocenters. The lowest BCUT2D eigenvalue weighted by atomic mass is 10.0. The van der Waals surface area contributed by atoms with Gasteiger partial charge in [0, 0.05) is 22.5 Å². The zero-order valence-electron chi connectivity index (χ0n) is 11.1. The van der Waals surface area contributed by atoms with Gasteiger partial charge in [0.1, 0.15) is 0 Å². The van der Waals surface area contributed by atoms with Gasteiger partial charge < -0.3 is 5.11 Å². The molecule has 0 aliphatic heterocycles. The van der Waals surface area contributed by atoms with Gasteiger partial charge in [0.05, 0.1) is 10.5 Å². The number of hydrogen-bond acceptors (Lipinski definition) is 3. The summed E-state index contributed by atoms with van der Waals surface area (Å²) in [6, 6.07) is 4.94. The first-order chi connectivity index (χ1) is 9.24. The largest absolute Gasteiger partial charge is 0.389 e. The van der Waals surface area contributed by atoms with Gasteiger partial charge in [-0.25, -0.2) is 8.42 Å². The molecule has 1 aromatic carbocycles. The van der Waals surface area contributed by atoms with E-state index < -0.39 is 15.6 Å². The number of aliphatic hydroxyl groups is 1. The highest BCUT2D eigenvalue weighted by Gasteiger charge is 2.36. The average Bonchev–Trinajstić information content (AvgIpc) is 2.75. The molecule has 1 fully saturated rings. The Morgan fingerprint density at radius 2 is 1.90 bits per heavy atom. The maximum atomic E-state index is 12.6. The van der Waals surface area contributed by atoms with Gasteiger partial charge in [-0.2, -0.15) is 4.31 Å². The van der Waals surface area contributed by atoms with Gasteiger partial charge in [-0.15, -0.1) is 0 Å². The third-order valence-electron chi connectivity index (χ3n) is 3.63. The Morgan fingerprint density at radius 3 is 2.45 bits per heavy atom. The lowest BCUT2D eigenvalue weighted by Crippen LogP contribution is -2.42. The molecular formula is C13H17Br2NO3S. The van der Waals surface area contributed by atoms with Gasteiger partial charge in [0.2, 0.25) is 10.0 Å². The molecule has 4 nitrogen and oxygen atoms in total. The molecule has 7 heteroatoms. The summed E-state index contributed by atoms with van der Waals surface area (Å²) in [4.78, 5) is 0.213. The molecule has 1 saturated carbocycles. The summed E-state index contributed by atoms with van der Waals surface area (Å²) in [5.41, 5.74) is -0.885. The Morgan fingerprint density at radius 1 is 1.30 bits per heavy atom. The SMILES string of the molecule is CN(CC1(O)CCCC1)S(=O)(=O)c1ccc(Br)cc1Br. The molecule has 1 N–H and O–H groups in total. The second kappa shape index (κ2) is 6.04. The summed E-state index contributed by atoms with van der Waals surface area (Å²) in [5, 5.41) is 10.4. The Balaban J connectivity index is 2.25. The fraction of sp³-hybridized carbons (Fsp3) is 0.538. The molecule has 0 atom stereocenters. The molecule has 0 bridgehead atoms. The predicted octanol–water partition coefficient (Wildman–Crippen LogP) is 3.14. The van der Waals surface area contributed by atoms with Crippen molar-refractivity contribution >= 4 is 41.9 Å². The smallest absolute Gasteiger partial charge is 0.244 e. The molecule has 112 valence electrons. The van der Waals surface area contributed by atoms with Crippen LogP contribution in [0.5, 0.6) is 0 Å². The summed E-state index contributed by atoms with van der Waals surface area (Å²) >= 11 is 6.58. The maximum Gasteiger partial charge on any atom is 0.244 e. The molecule has 1 aromatic rings. The molecule has 0 heterocycles. The van der Waals surface area contributed by atoms with Crippen LogP contribution < -0.4 is 0 Å². The van der Waals surface area contributed by atoms with E-state index in [4.69, 9.17) is 0 Å². The summed E-state index contributed by atoms with van der Waals surface area (Å²) in [7, 11) is -2.09. The highest BCUT2D eigenvalue weighted by molar-refractivity contribution is 9.11. The normalized spacial score (nSPS) is 18.6. The van der Waals surface area contributed by atoms with Crippen molar-refractivity contribution in [3.63, 3.8) is 0 Å². The van der Waals surface area contributed by atoms with E-state index in [1.54, 1.807) is 18.2 Å². The molecule has 0 radical (unpaired) electrons. The average molecular weight is 427 g/mol. The zero-order chi connectivity index (χ0) is 15.0. The number of rotatable bonds is 4. The highest BCUT2D eigenvalue weighted by Crippen LogP contribution is 2.33. The first kappa shape index (κ1) is 16.4. The van der Waals surface area contributed by atoms with Crippen LogP contribution in [0.15, 0.2) is 32.0 Å². The van der Waals surface area contributed by atoms with Crippen LogP contribution in [0.4, 0.5) is 0 Å². The molecule has 2 rings (SSSR count). The van der Waals surface area contributed by atoms with E-state index in [2.05, 4.69) is 31.9 Å². The fourth-order valence-electron chi connectivity index (χ4n) is 2.54. The summed E-state index contributed by atoms with van der Waals surface area (Å²) < 4.78 is 27.7. The molecular weight excluding hydrogens is 410 g/mol. The third kappa shape index (κ3) is 3.44. The van der Waals surface area contributed by atoms with E-state index in [-0.39, 0.29) is 11.4 Å². The second-order valence-corrected chi connectivity index (χ2v) is 9.05. The number of sulfonamides is 1. The standard InChI is InChI=1S/C13H17Br2NO3S/c1-16(9-13(17)6-2-3-7-13)20(18,19)12-5-4-10(14)8-11(12)15/h4-5,8,17H,2-3,6-7,9H2,1H3. The van der Waals surface area contributed by atoms with Crippen molar-refractivity contribution in [1.82, 2.24) is 4.31 Å². The van der Waals surface area contributed by atoms with Crippen LogP contribution >= 0.6 is 31.9 Å². The molecule has 0 amide bonds. The van der Waals surface area contributed by atoms with Crippen LogP contribution in [0.25, 0.3) is 0 Å². The Kier molecular flexibility index (Phi) is 4.96. The molecule has 0 aromatic heterocycles. The van der Waals surface area contributed by atoms with E-state index in [1.807, 2.05) is 0 Å². The number of halogens is 2. The topological polar surface area (TPSA) is 57.6 Å². The van der Waals surface area contributed by atoms with Crippen LogP contribution in [-0.2, 0) is 10.0 Å². The highest BCUT2D eigenvalue weighted by atomic mass is 79.9. The minimum Gasteiger partial charge on any atom is -0.389 e.